The van der Waals surface area contributed by atoms with Crippen LogP contribution >= 0.6 is 0 Å². The number of imidazole rings is 1. The van der Waals surface area contributed by atoms with E-state index < -0.39 is 10.0 Å². The second-order valence-electron chi connectivity index (χ2n) is 4.94. The van der Waals surface area contributed by atoms with Gasteiger partial charge in [-0.25, -0.2) is 13.4 Å². The Bertz CT molecular complexity index is 595. The van der Waals surface area contributed by atoms with Crippen LogP contribution in [0.4, 0.5) is 0 Å². The Hall–Kier alpha value is -1.61. The van der Waals surface area contributed by atoms with Crippen molar-refractivity contribution in [1.29, 1.82) is 0 Å². The zero-order chi connectivity index (χ0) is 14.9. The molecule has 112 valence electrons. The maximum atomic E-state index is 12.4. The molecule has 20 heavy (non-hydrogen) atoms. The highest BCUT2D eigenvalue weighted by atomic mass is 32.2. The number of nitrogens with zero attached hydrogens (tertiary/aromatic N) is 4. The first kappa shape index (κ1) is 14.8. The molecule has 1 aliphatic rings. The Labute approximate surface area is 117 Å². The van der Waals surface area contributed by atoms with Crippen LogP contribution in [0.2, 0.25) is 0 Å². The molecule has 1 fully saturated rings. The molecule has 2 rings (SSSR count). The molecule has 0 atom stereocenters. The van der Waals surface area contributed by atoms with Crippen molar-refractivity contribution in [3.8, 4) is 0 Å². The van der Waals surface area contributed by atoms with E-state index in [9.17, 15) is 8.42 Å². The summed E-state index contributed by atoms with van der Waals surface area (Å²) in [7, 11) is -1.81. The Morgan fingerprint density at radius 2 is 2.10 bits per heavy atom. The topological polar surface area (TPSA) is 114 Å². The smallest absolute Gasteiger partial charge is 0.262 e. The van der Waals surface area contributed by atoms with Gasteiger partial charge in [0.15, 0.2) is 5.03 Å². The monoisotopic (exact) mass is 301 g/mol. The van der Waals surface area contributed by atoms with Crippen LogP contribution in [0.1, 0.15) is 18.7 Å². The van der Waals surface area contributed by atoms with E-state index in [1.54, 1.807) is 18.5 Å². The molecule has 1 aliphatic heterocycles. The molecule has 0 bridgehead atoms. The first-order chi connectivity index (χ1) is 9.36. The quantitative estimate of drug-likeness (QED) is 0.349. The lowest BCUT2D eigenvalue weighted by Gasteiger charge is -2.29. The fraction of sp³-hybridized carbons (Fsp3) is 0.636. The van der Waals surface area contributed by atoms with Crippen LogP contribution in [0.3, 0.4) is 0 Å². The van der Waals surface area contributed by atoms with Gasteiger partial charge in [-0.2, -0.15) is 4.31 Å². The average molecular weight is 301 g/mol. The van der Waals surface area contributed by atoms with Crippen LogP contribution in [-0.2, 0) is 17.1 Å². The van der Waals surface area contributed by atoms with Gasteiger partial charge in [0, 0.05) is 32.3 Å². The number of sulfonamides is 1. The molecule has 9 heteroatoms. The summed E-state index contributed by atoms with van der Waals surface area (Å²) < 4.78 is 28.0. The molecule has 0 amide bonds. The summed E-state index contributed by atoms with van der Waals surface area (Å²) in [6.45, 7) is 2.45. The predicted octanol–water partition coefficient (Wildman–Crippen LogP) is -0.124. The van der Waals surface area contributed by atoms with Gasteiger partial charge in [0.25, 0.3) is 10.0 Å². The van der Waals surface area contributed by atoms with E-state index in [-0.39, 0.29) is 16.8 Å². The zero-order valence-corrected chi connectivity index (χ0v) is 12.3. The zero-order valence-electron chi connectivity index (χ0n) is 11.5. The summed E-state index contributed by atoms with van der Waals surface area (Å²) in [5.41, 5.74) is 5.55. The number of aryl methyl sites for hydroxylation is 2. The normalized spacial score (nSPS) is 19.4. The summed E-state index contributed by atoms with van der Waals surface area (Å²) in [4.78, 5) is 4.07. The van der Waals surface area contributed by atoms with Crippen LogP contribution in [0.25, 0.3) is 0 Å². The molecule has 3 N–H and O–H groups in total. The predicted molar refractivity (Wildman–Crippen MR) is 72.8 cm³/mol. The fourth-order valence-corrected chi connectivity index (χ4v) is 3.75. The highest BCUT2D eigenvalue weighted by Crippen LogP contribution is 2.23. The standard InChI is InChI=1S/C11H19N5O3S/c1-8-13-10(7-15(8)2)20(18,19)16-5-3-9(4-6-16)11(12)14-17/h7,9,17H,3-6H2,1-2H3,(H2,12,14). The van der Waals surface area contributed by atoms with Gasteiger partial charge in [-0.1, -0.05) is 5.16 Å². The van der Waals surface area contributed by atoms with Gasteiger partial charge in [-0.15, -0.1) is 0 Å². The van der Waals surface area contributed by atoms with E-state index in [1.807, 2.05) is 0 Å². The van der Waals surface area contributed by atoms with Gasteiger partial charge in [0.05, 0.1) is 0 Å². The molecule has 2 heterocycles. The van der Waals surface area contributed by atoms with Crippen LogP contribution in [0.15, 0.2) is 16.4 Å². The van der Waals surface area contributed by atoms with Crippen molar-refractivity contribution in [1.82, 2.24) is 13.9 Å². The van der Waals surface area contributed by atoms with Crippen LogP contribution < -0.4 is 5.73 Å². The molecule has 1 aromatic rings. The Kier molecular flexibility index (Phi) is 4.00. The van der Waals surface area contributed by atoms with Crippen LogP contribution in [0, 0.1) is 12.8 Å². The lowest BCUT2D eigenvalue weighted by molar-refractivity contribution is 0.290. The number of hydrogen-bond acceptors (Lipinski definition) is 5. The van der Waals surface area contributed by atoms with Gasteiger partial charge in [-0.05, 0) is 19.8 Å². The second kappa shape index (κ2) is 5.41. The van der Waals surface area contributed by atoms with E-state index in [4.69, 9.17) is 10.9 Å². The summed E-state index contributed by atoms with van der Waals surface area (Å²) in [5, 5.41) is 11.7. The number of aromatic nitrogens is 2. The molecule has 0 radical (unpaired) electrons. The van der Waals surface area contributed by atoms with Crippen LogP contribution in [0.5, 0.6) is 0 Å². The van der Waals surface area contributed by atoms with Crippen molar-refractivity contribution in [2.75, 3.05) is 13.1 Å². The summed E-state index contributed by atoms with van der Waals surface area (Å²) in [6.07, 6.45) is 2.60. The van der Waals surface area contributed by atoms with Crippen molar-refractivity contribution in [3.63, 3.8) is 0 Å². The average Bonchev–Trinajstić information content (AvgIpc) is 2.78. The van der Waals surface area contributed by atoms with Crippen molar-refractivity contribution in [2.45, 2.75) is 24.8 Å². The van der Waals surface area contributed by atoms with E-state index in [1.165, 1.54) is 10.5 Å². The summed E-state index contributed by atoms with van der Waals surface area (Å²) in [6, 6.07) is 0. The lowest BCUT2D eigenvalue weighted by Crippen LogP contribution is -2.41. The first-order valence-corrected chi connectivity index (χ1v) is 7.77. The highest BCUT2D eigenvalue weighted by Gasteiger charge is 2.32. The number of nitrogens with two attached hydrogens (primary N) is 1. The largest absolute Gasteiger partial charge is 0.409 e. The Balaban J connectivity index is 2.13. The molecule has 0 aliphatic carbocycles. The van der Waals surface area contributed by atoms with E-state index in [0.717, 1.165) is 0 Å². The van der Waals surface area contributed by atoms with Crippen molar-refractivity contribution in [3.05, 3.63) is 12.0 Å². The van der Waals surface area contributed by atoms with E-state index >= 15 is 0 Å². The third-order valence-electron chi connectivity index (χ3n) is 3.68. The number of amidine groups is 1. The van der Waals surface area contributed by atoms with Crippen molar-refractivity contribution >= 4 is 15.9 Å². The number of oxime groups is 1. The Morgan fingerprint density at radius 3 is 2.55 bits per heavy atom. The first-order valence-electron chi connectivity index (χ1n) is 6.33. The molecular weight excluding hydrogens is 282 g/mol. The Morgan fingerprint density at radius 1 is 1.50 bits per heavy atom. The van der Waals surface area contributed by atoms with Crippen molar-refractivity contribution in [2.24, 2.45) is 23.9 Å². The summed E-state index contributed by atoms with van der Waals surface area (Å²) in [5.74, 6) is 0.739. The van der Waals surface area contributed by atoms with Crippen molar-refractivity contribution < 1.29 is 13.6 Å². The van der Waals surface area contributed by atoms with Gasteiger partial charge >= 0.3 is 0 Å². The van der Waals surface area contributed by atoms with Gasteiger partial charge in [-0.3, -0.25) is 0 Å². The van der Waals surface area contributed by atoms with E-state index in [0.29, 0.717) is 31.8 Å². The molecular formula is C11H19N5O3S. The fourth-order valence-electron chi connectivity index (χ4n) is 2.26. The van der Waals surface area contributed by atoms with Gasteiger partial charge in [0.2, 0.25) is 0 Å². The maximum absolute atomic E-state index is 12.4. The minimum atomic E-state index is -3.56. The number of piperidine rings is 1. The van der Waals surface area contributed by atoms with Gasteiger partial charge in [0.1, 0.15) is 11.7 Å². The maximum Gasteiger partial charge on any atom is 0.262 e. The number of rotatable bonds is 3. The van der Waals surface area contributed by atoms with Crippen LogP contribution in [-0.4, -0.2) is 46.4 Å². The lowest BCUT2D eigenvalue weighted by atomic mass is 9.97. The molecule has 1 saturated heterocycles. The molecule has 0 saturated carbocycles. The van der Waals surface area contributed by atoms with E-state index in [2.05, 4.69) is 10.1 Å². The molecule has 1 aromatic heterocycles. The molecule has 8 nitrogen and oxygen atoms in total. The summed E-state index contributed by atoms with van der Waals surface area (Å²) >= 11 is 0. The third-order valence-corrected chi connectivity index (χ3v) is 5.45. The second-order valence-corrected chi connectivity index (χ2v) is 6.83. The number of hydrogen-bond donors (Lipinski definition) is 2. The molecule has 0 aromatic carbocycles. The molecule has 0 spiro atoms. The third kappa shape index (κ3) is 2.63. The molecule has 0 unspecified atom stereocenters. The highest BCUT2D eigenvalue weighted by molar-refractivity contribution is 7.89. The minimum Gasteiger partial charge on any atom is -0.409 e. The van der Waals surface area contributed by atoms with Gasteiger partial charge < -0.3 is 15.5 Å². The SMILES string of the molecule is Cc1nc(S(=O)(=O)N2CCC(C(N)=NO)CC2)cn1C. The minimum absolute atomic E-state index is 0.0692.